The van der Waals surface area contributed by atoms with Crippen molar-refractivity contribution in [3.05, 3.63) is 23.8 Å². The van der Waals surface area contributed by atoms with Crippen molar-refractivity contribution in [1.82, 2.24) is 5.32 Å². The minimum absolute atomic E-state index is 0.0437. The molecule has 0 saturated carbocycles. The molecule has 0 bridgehead atoms. The third kappa shape index (κ3) is 3.60. The Morgan fingerprint density at radius 3 is 2.55 bits per heavy atom. The minimum Gasteiger partial charge on any atom is -0.493 e. The molecule has 1 aromatic carbocycles. The number of rotatable bonds is 5. The highest BCUT2D eigenvalue weighted by Crippen LogP contribution is 2.47. The van der Waals surface area contributed by atoms with Gasteiger partial charge in [0.1, 0.15) is 5.75 Å². The molecule has 8 heteroatoms. The lowest BCUT2D eigenvalue weighted by molar-refractivity contribution is -0.289. The van der Waals surface area contributed by atoms with E-state index in [1.165, 1.54) is 0 Å². The molecule has 124 valence electrons. The van der Waals surface area contributed by atoms with E-state index in [1.54, 1.807) is 0 Å². The van der Waals surface area contributed by atoms with Crippen LogP contribution < -0.4 is 15.8 Å². The van der Waals surface area contributed by atoms with E-state index in [0.29, 0.717) is 12.5 Å². The van der Waals surface area contributed by atoms with E-state index in [4.69, 9.17) is 10.5 Å². The van der Waals surface area contributed by atoms with Gasteiger partial charge in [-0.25, -0.2) is 0 Å². The van der Waals surface area contributed by atoms with Gasteiger partial charge in [-0.3, -0.25) is 0 Å². The average molecular weight is 324 g/mol. The summed E-state index contributed by atoms with van der Waals surface area (Å²) in [5.74, 6) is -5.51. The maximum absolute atomic E-state index is 13.5. The molecule has 0 amide bonds. The summed E-state index contributed by atoms with van der Waals surface area (Å²) in [6.45, 7) is 0.919. The number of ether oxygens (including phenoxy) is 1. The first kappa shape index (κ1) is 16.8. The first-order valence-electron chi connectivity index (χ1n) is 6.92. The molecule has 0 aromatic heterocycles. The van der Waals surface area contributed by atoms with Crippen LogP contribution in [-0.2, 0) is 5.92 Å². The van der Waals surface area contributed by atoms with Gasteiger partial charge >= 0.3 is 12.1 Å². The summed E-state index contributed by atoms with van der Waals surface area (Å²) in [5.41, 5.74) is 4.31. The van der Waals surface area contributed by atoms with Crippen LogP contribution >= 0.6 is 0 Å². The third-order valence-corrected chi connectivity index (χ3v) is 3.59. The van der Waals surface area contributed by atoms with E-state index in [9.17, 15) is 22.0 Å². The van der Waals surface area contributed by atoms with Crippen LogP contribution in [0.1, 0.15) is 24.8 Å². The number of alkyl halides is 5. The predicted molar refractivity (Wildman–Crippen MR) is 71.9 cm³/mol. The number of nitrogen functional groups attached to an aromatic ring is 1. The smallest absolute Gasteiger partial charge is 0.458 e. The maximum Gasteiger partial charge on any atom is 0.458 e. The van der Waals surface area contributed by atoms with Crippen LogP contribution in [-0.4, -0.2) is 25.4 Å². The number of anilines is 1. The van der Waals surface area contributed by atoms with Crippen LogP contribution in [0.3, 0.4) is 0 Å². The molecule has 0 aliphatic carbocycles. The summed E-state index contributed by atoms with van der Waals surface area (Å²) in [6, 6.07) is 2.86. The maximum atomic E-state index is 13.5. The van der Waals surface area contributed by atoms with Gasteiger partial charge in [0.15, 0.2) is 0 Å². The monoisotopic (exact) mass is 324 g/mol. The molecule has 3 N–H and O–H groups in total. The summed E-state index contributed by atoms with van der Waals surface area (Å²) < 4.78 is 69.8. The van der Waals surface area contributed by atoms with Crippen molar-refractivity contribution in [1.29, 1.82) is 0 Å². The van der Waals surface area contributed by atoms with Crippen molar-refractivity contribution in [3.63, 3.8) is 0 Å². The van der Waals surface area contributed by atoms with Crippen LogP contribution in [0.25, 0.3) is 0 Å². The molecule has 0 radical (unpaired) electrons. The highest BCUT2D eigenvalue weighted by Gasteiger charge is 2.60. The standard InChI is InChI=1S/C14H17F5N2O/c15-13(16,14(17,18)19)11-4-3-9(20)8-12(11)22-7-5-10-2-1-6-21-10/h3-4,8,10,21H,1-2,5-7,20H2. The summed E-state index contributed by atoms with van der Waals surface area (Å²) in [7, 11) is 0. The van der Waals surface area contributed by atoms with Crippen LogP contribution in [0.15, 0.2) is 18.2 Å². The van der Waals surface area contributed by atoms with Crippen LogP contribution in [0.2, 0.25) is 0 Å². The van der Waals surface area contributed by atoms with E-state index in [1.807, 2.05) is 0 Å². The SMILES string of the molecule is Nc1ccc(C(F)(F)C(F)(F)F)c(OCCC2CCCN2)c1. The van der Waals surface area contributed by atoms with Crippen LogP contribution in [0.4, 0.5) is 27.6 Å². The van der Waals surface area contributed by atoms with Crippen molar-refractivity contribution in [3.8, 4) is 5.75 Å². The van der Waals surface area contributed by atoms with E-state index in [-0.39, 0.29) is 18.3 Å². The van der Waals surface area contributed by atoms with Gasteiger partial charge < -0.3 is 15.8 Å². The van der Waals surface area contributed by atoms with E-state index in [2.05, 4.69) is 5.32 Å². The number of halogens is 5. The van der Waals surface area contributed by atoms with Gasteiger partial charge in [-0.15, -0.1) is 0 Å². The first-order valence-corrected chi connectivity index (χ1v) is 6.92. The lowest BCUT2D eigenvalue weighted by atomic mass is 10.1. The normalized spacial score (nSPS) is 19.4. The second-order valence-corrected chi connectivity index (χ2v) is 5.26. The first-order chi connectivity index (χ1) is 10.2. The Balaban J connectivity index is 2.13. The van der Waals surface area contributed by atoms with Gasteiger partial charge in [0.25, 0.3) is 0 Å². The molecular formula is C14H17F5N2O. The second kappa shape index (κ2) is 6.28. The molecule has 2 rings (SSSR count). The topological polar surface area (TPSA) is 47.3 Å². The van der Waals surface area contributed by atoms with Gasteiger partial charge in [0.2, 0.25) is 0 Å². The fourth-order valence-electron chi connectivity index (χ4n) is 2.38. The molecule has 0 spiro atoms. The van der Waals surface area contributed by atoms with Crippen LogP contribution in [0.5, 0.6) is 5.75 Å². The van der Waals surface area contributed by atoms with Crippen molar-refractivity contribution in [2.45, 2.75) is 37.4 Å². The van der Waals surface area contributed by atoms with Crippen molar-refractivity contribution in [2.75, 3.05) is 18.9 Å². The minimum atomic E-state index is -5.69. The average Bonchev–Trinajstić information content (AvgIpc) is 2.90. The zero-order chi connectivity index (χ0) is 16.4. The number of nitrogens with two attached hydrogens (primary N) is 1. The Morgan fingerprint density at radius 2 is 1.95 bits per heavy atom. The fourth-order valence-corrected chi connectivity index (χ4v) is 2.38. The van der Waals surface area contributed by atoms with E-state index in [0.717, 1.165) is 31.5 Å². The molecule has 1 saturated heterocycles. The zero-order valence-corrected chi connectivity index (χ0v) is 11.7. The summed E-state index contributed by atoms with van der Waals surface area (Å²) in [4.78, 5) is 0. The molecule has 1 atom stereocenters. The van der Waals surface area contributed by atoms with Gasteiger partial charge in [-0.05, 0) is 37.9 Å². The lowest BCUT2D eigenvalue weighted by Crippen LogP contribution is -2.34. The van der Waals surface area contributed by atoms with Gasteiger partial charge in [0.05, 0.1) is 12.2 Å². The molecule has 3 nitrogen and oxygen atoms in total. The Kier molecular flexibility index (Phi) is 4.79. The molecular weight excluding hydrogens is 307 g/mol. The zero-order valence-electron chi connectivity index (χ0n) is 11.7. The number of hydrogen-bond donors (Lipinski definition) is 2. The van der Waals surface area contributed by atoms with Gasteiger partial charge in [-0.1, -0.05) is 0 Å². The number of hydrogen-bond acceptors (Lipinski definition) is 3. The third-order valence-electron chi connectivity index (χ3n) is 3.59. The molecule has 1 fully saturated rings. The lowest BCUT2D eigenvalue weighted by Gasteiger charge is -2.23. The summed E-state index contributed by atoms with van der Waals surface area (Å²) in [6.07, 6.45) is -3.20. The van der Waals surface area contributed by atoms with Gasteiger partial charge in [0, 0.05) is 17.8 Å². The molecule has 1 heterocycles. The quantitative estimate of drug-likeness (QED) is 0.644. The Labute approximate surface area is 124 Å². The summed E-state index contributed by atoms with van der Waals surface area (Å²) in [5, 5.41) is 3.19. The number of nitrogens with one attached hydrogen (secondary N) is 1. The van der Waals surface area contributed by atoms with Crippen molar-refractivity contribution < 1.29 is 26.7 Å². The highest BCUT2D eigenvalue weighted by atomic mass is 19.4. The van der Waals surface area contributed by atoms with E-state index >= 15 is 0 Å². The highest BCUT2D eigenvalue weighted by molar-refractivity contribution is 5.50. The number of benzene rings is 1. The molecule has 22 heavy (non-hydrogen) atoms. The molecule has 1 aliphatic heterocycles. The Morgan fingerprint density at radius 1 is 1.23 bits per heavy atom. The van der Waals surface area contributed by atoms with Gasteiger partial charge in [-0.2, -0.15) is 22.0 Å². The largest absolute Gasteiger partial charge is 0.493 e. The Hall–Kier alpha value is -1.57. The molecule has 1 aromatic rings. The molecule has 1 aliphatic rings. The summed E-state index contributed by atoms with van der Waals surface area (Å²) >= 11 is 0. The van der Waals surface area contributed by atoms with Crippen LogP contribution in [0, 0.1) is 0 Å². The van der Waals surface area contributed by atoms with Crippen molar-refractivity contribution in [2.24, 2.45) is 0 Å². The molecule has 1 unspecified atom stereocenters. The van der Waals surface area contributed by atoms with Crippen molar-refractivity contribution >= 4 is 5.69 Å². The van der Waals surface area contributed by atoms with E-state index < -0.39 is 23.4 Å². The predicted octanol–water partition coefficient (Wildman–Crippen LogP) is 3.44. The second-order valence-electron chi connectivity index (χ2n) is 5.26. The fraction of sp³-hybridized carbons (Fsp3) is 0.571. The Bertz CT molecular complexity index is 512.